The number of hydrogen-bond donors (Lipinski definition) is 1. The molecule has 2 rings (SSSR count). The summed E-state index contributed by atoms with van der Waals surface area (Å²) in [5, 5.41) is 0.804. The fourth-order valence-corrected chi connectivity index (χ4v) is 3.19. The lowest BCUT2D eigenvalue weighted by atomic mass is 9.98. The minimum Gasteiger partial charge on any atom is -0.324 e. The SMILES string of the molecule is Cc1ccc(CC(N)c2cccc(C)c2I)c(Cl)c1. The first-order valence-electron chi connectivity index (χ1n) is 6.24. The fourth-order valence-electron chi connectivity index (χ4n) is 2.12. The van der Waals surface area contributed by atoms with Crippen molar-refractivity contribution < 1.29 is 0 Å². The quantitative estimate of drug-likeness (QED) is 0.754. The zero-order valence-corrected chi connectivity index (χ0v) is 14.0. The first-order chi connectivity index (χ1) is 8.99. The van der Waals surface area contributed by atoms with Gasteiger partial charge in [0.25, 0.3) is 0 Å². The topological polar surface area (TPSA) is 26.0 Å². The predicted molar refractivity (Wildman–Crippen MR) is 90.7 cm³/mol. The van der Waals surface area contributed by atoms with E-state index in [1.807, 2.05) is 13.0 Å². The van der Waals surface area contributed by atoms with Crippen molar-refractivity contribution in [1.82, 2.24) is 0 Å². The summed E-state index contributed by atoms with van der Waals surface area (Å²) in [6, 6.07) is 12.4. The molecule has 0 fully saturated rings. The minimum atomic E-state index is -0.0213. The molecular formula is C16H17ClIN. The lowest BCUT2D eigenvalue weighted by Gasteiger charge is -2.16. The number of aryl methyl sites for hydroxylation is 2. The van der Waals surface area contributed by atoms with E-state index in [-0.39, 0.29) is 6.04 Å². The molecule has 0 aromatic heterocycles. The molecule has 2 aromatic rings. The first kappa shape index (κ1) is 14.8. The van der Waals surface area contributed by atoms with Gasteiger partial charge in [-0.05, 0) is 71.2 Å². The van der Waals surface area contributed by atoms with E-state index in [2.05, 4.69) is 59.8 Å². The maximum atomic E-state index is 6.34. The van der Waals surface area contributed by atoms with Crippen molar-refractivity contribution in [2.45, 2.75) is 26.3 Å². The Hall–Kier alpha value is -0.580. The van der Waals surface area contributed by atoms with Crippen molar-refractivity contribution in [2.75, 3.05) is 0 Å². The maximum Gasteiger partial charge on any atom is 0.0441 e. The molecule has 0 radical (unpaired) electrons. The summed E-state index contributed by atoms with van der Waals surface area (Å²) >= 11 is 8.64. The molecule has 0 spiro atoms. The van der Waals surface area contributed by atoms with Crippen molar-refractivity contribution in [2.24, 2.45) is 5.73 Å². The predicted octanol–water partition coefficient (Wildman–Crippen LogP) is 4.80. The summed E-state index contributed by atoms with van der Waals surface area (Å²) < 4.78 is 1.25. The highest BCUT2D eigenvalue weighted by molar-refractivity contribution is 14.1. The second-order valence-corrected chi connectivity index (χ2v) is 6.37. The van der Waals surface area contributed by atoms with Crippen LogP contribution in [0.4, 0.5) is 0 Å². The zero-order chi connectivity index (χ0) is 14.0. The molecule has 1 nitrogen and oxygen atoms in total. The Kier molecular flexibility index (Phi) is 4.87. The summed E-state index contributed by atoms with van der Waals surface area (Å²) in [5.41, 5.74) is 11.1. The van der Waals surface area contributed by atoms with Gasteiger partial charge < -0.3 is 5.73 Å². The number of rotatable bonds is 3. The molecule has 0 bridgehead atoms. The van der Waals surface area contributed by atoms with Crippen molar-refractivity contribution in [3.05, 3.63) is 67.2 Å². The molecule has 1 unspecified atom stereocenters. The van der Waals surface area contributed by atoms with Crippen LogP contribution in [0.25, 0.3) is 0 Å². The number of benzene rings is 2. The average molecular weight is 386 g/mol. The monoisotopic (exact) mass is 385 g/mol. The molecule has 0 heterocycles. The van der Waals surface area contributed by atoms with Gasteiger partial charge in [-0.1, -0.05) is 41.9 Å². The summed E-state index contributed by atoms with van der Waals surface area (Å²) in [7, 11) is 0. The highest BCUT2D eigenvalue weighted by atomic mass is 127. The molecule has 2 aromatic carbocycles. The van der Waals surface area contributed by atoms with E-state index < -0.39 is 0 Å². The van der Waals surface area contributed by atoms with Gasteiger partial charge in [-0.3, -0.25) is 0 Å². The standard InChI is InChI=1S/C16H17ClIN/c1-10-6-7-12(14(17)8-10)9-15(19)13-5-3-4-11(2)16(13)18/h3-8,15H,9,19H2,1-2H3. The van der Waals surface area contributed by atoms with Gasteiger partial charge in [0.15, 0.2) is 0 Å². The van der Waals surface area contributed by atoms with Crippen LogP contribution in [0, 0.1) is 17.4 Å². The molecule has 3 heteroatoms. The van der Waals surface area contributed by atoms with Crippen molar-refractivity contribution in [3.63, 3.8) is 0 Å². The number of halogens is 2. The largest absolute Gasteiger partial charge is 0.324 e. The summed E-state index contributed by atoms with van der Waals surface area (Å²) in [6.45, 7) is 4.15. The molecule has 0 saturated heterocycles. The third-order valence-electron chi connectivity index (χ3n) is 3.27. The van der Waals surface area contributed by atoms with Crippen LogP contribution < -0.4 is 5.73 Å². The highest BCUT2D eigenvalue weighted by Crippen LogP contribution is 2.27. The third-order valence-corrected chi connectivity index (χ3v) is 5.09. The van der Waals surface area contributed by atoms with Gasteiger partial charge in [0, 0.05) is 14.6 Å². The van der Waals surface area contributed by atoms with E-state index >= 15 is 0 Å². The Morgan fingerprint density at radius 2 is 1.95 bits per heavy atom. The lowest BCUT2D eigenvalue weighted by molar-refractivity contribution is 0.717. The zero-order valence-electron chi connectivity index (χ0n) is 11.1. The smallest absolute Gasteiger partial charge is 0.0441 e. The summed E-state index contributed by atoms with van der Waals surface area (Å²) in [5.74, 6) is 0. The van der Waals surface area contributed by atoms with Gasteiger partial charge >= 0.3 is 0 Å². The molecule has 0 aliphatic heterocycles. The van der Waals surface area contributed by atoms with E-state index in [9.17, 15) is 0 Å². The van der Waals surface area contributed by atoms with Crippen LogP contribution >= 0.6 is 34.2 Å². The normalized spacial score (nSPS) is 12.5. The maximum absolute atomic E-state index is 6.34. The molecule has 0 amide bonds. The van der Waals surface area contributed by atoms with E-state index in [1.165, 1.54) is 20.3 Å². The van der Waals surface area contributed by atoms with Crippen LogP contribution in [0.1, 0.15) is 28.3 Å². The van der Waals surface area contributed by atoms with E-state index in [4.69, 9.17) is 17.3 Å². The van der Waals surface area contributed by atoms with Crippen LogP contribution in [0.15, 0.2) is 36.4 Å². The lowest BCUT2D eigenvalue weighted by Crippen LogP contribution is -2.15. The molecule has 0 saturated carbocycles. The molecule has 19 heavy (non-hydrogen) atoms. The van der Waals surface area contributed by atoms with E-state index in [0.29, 0.717) is 0 Å². The van der Waals surface area contributed by atoms with Gasteiger partial charge in [-0.15, -0.1) is 0 Å². The molecule has 100 valence electrons. The van der Waals surface area contributed by atoms with Gasteiger partial charge in [-0.2, -0.15) is 0 Å². The molecule has 1 atom stereocenters. The Morgan fingerprint density at radius 1 is 1.21 bits per heavy atom. The Balaban J connectivity index is 2.25. The van der Waals surface area contributed by atoms with Gasteiger partial charge in [0.2, 0.25) is 0 Å². The number of nitrogens with two attached hydrogens (primary N) is 1. The number of hydrogen-bond acceptors (Lipinski definition) is 1. The van der Waals surface area contributed by atoms with Gasteiger partial charge in [0.1, 0.15) is 0 Å². The van der Waals surface area contributed by atoms with Crippen molar-refractivity contribution in [3.8, 4) is 0 Å². The second kappa shape index (κ2) is 6.25. The molecular weight excluding hydrogens is 369 g/mol. The summed E-state index contributed by atoms with van der Waals surface area (Å²) in [4.78, 5) is 0. The average Bonchev–Trinajstić information content (AvgIpc) is 2.36. The van der Waals surface area contributed by atoms with Crippen LogP contribution in [0.2, 0.25) is 5.02 Å². The Labute approximate surface area is 133 Å². The first-order valence-corrected chi connectivity index (χ1v) is 7.70. The van der Waals surface area contributed by atoms with E-state index in [0.717, 1.165) is 17.0 Å². The molecule has 2 N–H and O–H groups in total. The Morgan fingerprint density at radius 3 is 2.63 bits per heavy atom. The van der Waals surface area contributed by atoms with Crippen LogP contribution in [-0.4, -0.2) is 0 Å². The van der Waals surface area contributed by atoms with E-state index in [1.54, 1.807) is 0 Å². The van der Waals surface area contributed by atoms with Crippen molar-refractivity contribution in [1.29, 1.82) is 0 Å². The fraction of sp³-hybridized carbons (Fsp3) is 0.250. The Bertz CT molecular complexity index is 595. The van der Waals surface area contributed by atoms with Gasteiger partial charge in [-0.25, -0.2) is 0 Å². The minimum absolute atomic E-state index is 0.0213. The van der Waals surface area contributed by atoms with Crippen LogP contribution in [0.5, 0.6) is 0 Å². The van der Waals surface area contributed by atoms with Gasteiger partial charge in [0.05, 0.1) is 0 Å². The summed E-state index contributed by atoms with van der Waals surface area (Å²) in [6.07, 6.45) is 0.762. The van der Waals surface area contributed by atoms with Crippen LogP contribution in [0.3, 0.4) is 0 Å². The third kappa shape index (κ3) is 3.50. The second-order valence-electron chi connectivity index (χ2n) is 4.88. The molecule has 0 aliphatic rings. The molecule has 0 aliphatic carbocycles. The van der Waals surface area contributed by atoms with Crippen LogP contribution in [-0.2, 0) is 6.42 Å². The highest BCUT2D eigenvalue weighted by Gasteiger charge is 2.13. The van der Waals surface area contributed by atoms with Crippen molar-refractivity contribution >= 4 is 34.2 Å².